The topological polar surface area (TPSA) is 87.1 Å². The summed E-state index contributed by atoms with van der Waals surface area (Å²) in [6, 6.07) is -0.896. The van der Waals surface area contributed by atoms with Gasteiger partial charge in [-0.25, -0.2) is 4.79 Å². The van der Waals surface area contributed by atoms with Gasteiger partial charge < -0.3 is 19.8 Å². The molecule has 98 valence electrons. The van der Waals surface area contributed by atoms with E-state index < -0.39 is 18.1 Å². The minimum atomic E-state index is -1.06. The summed E-state index contributed by atoms with van der Waals surface area (Å²) < 4.78 is 4.93. The summed E-state index contributed by atoms with van der Waals surface area (Å²) in [7, 11) is 1.56. The number of likely N-dealkylation sites (tertiary alicyclic amines) is 1. The van der Waals surface area contributed by atoms with Gasteiger partial charge in [0.2, 0.25) is 5.91 Å². The zero-order chi connectivity index (χ0) is 13.0. The Labute approximate surface area is 100 Å². The van der Waals surface area contributed by atoms with Crippen LogP contribution in [0.4, 0.5) is 0 Å². The van der Waals surface area contributed by atoms with Crippen molar-refractivity contribution in [3.05, 3.63) is 0 Å². The molecule has 17 heavy (non-hydrogen) atoms. The van der Waals surface area contributed by atoms with Crippen LogP contribution in [0.3, 0.4) is 0 Å². The smallest absolute Gasteiger partial charge is 0.326 e. The molecule has 2 N–H and O–H groups in total. The molecule has 1 amide bonds. The molecule has 3 atom stereocenters. The summed E-state index contributed by atoms with van der Waals surface area (Å²) in [5, 5.41) is 18.4. The van der Waals surface area contributed by atoms with Crippen LogP contribution < -0.4 is 0 Å². The SMILES string of the molecule is COCC(C)CC(=O)N1C[C@H](O)C[C@@H]1C(=O)O. The predicted octanol–water partition coefficient (Wildman–Crippen LogP) is -0.295. The van der Waals surface area contributed by atoms with Crippen LogP contribution in [0, 0.1) is 5.92 Å². The number of β-amino-alcohol motifs (C(OH)–C–C–N with tert-alkyl or cyclic N) is 1. The average molecular weight is 245 g/mol. The molecule has 0 aliphatic carbocycles. The molecule has 0 bridgehead atoms. The first-order valence-corrected chi connectivity index (χ1v) is 5.65. The molecular weight excluding hydrogens is 226 g/mol. The predicted molar refractivity (Wildman–Crippen MR) is 59.4 cm³/mol. The third-order valence-corrected chi connectivity index (χ3v) is 2.86. The van der Waals surface area contributed by atoms with Crippen molar-refractivity contribution in [2.24, 2.45) is 5.92 Å². The number of aliphatic carboxylic acids is 1. The second kappa shape index (κ2) is 5.97. The average Bonchev–Trinajstić information content (AvgIpc) is 2.60. The van der Waals surface area contributed by atoms with Gasteiger partial charge in [-0.3, -0.25) is 4.79 Å². The lowest BCUT2D eigenvalue weighted by molar-refractivity contribution is -0.148. The highest BCUT2D eigenvalue weighted by Gasteiger charge is 2.38. The number of methoxy groups -OCH3 is 1. The standard InChI is InChI=1S/C11H19NO5/c1-7(6-17-2)3-10(14)12-5-8(13)4-9(12)11(15)16/h7-9,13H,3-6H2,1-2H3,(H,15,16)/t7?,8-,9-/m1/s1. The Morgan fingerprint density at radius 3 is 2.71 bits per heavy atom. The fourth-order valence-corrected chi connectivity index (χ4v) is 2.08. The number of carbonyl (C=O) groups excluding carboxylic acids is 1. The fraction of sp³-hybridized carbons (Fsp3) is 0.818. The molecule has 1 heterocycles. The second-order valence-corrected chi connectivity index (χ2v) is 4.55. The number of ether oxygens (including phenoxy) is 1. The van der Waals surface area contributed by atoms with E-state index in [0.717, 1.165) is 0 Å². The zero-order valence-electron chi connectivity index (χ0n) is 10.1. The van der Waals surface area contributed by atoms with Gasteiger partial charge >= 0.3 is 5.97 Å². The van der Waals surface area contributed by atoms with Crippen molar-refractivity contribution in [2.75, 3.05) is 20.3 Å². The zero-order valence-corrected chi connectivity index (χ0v) is 10.1. The second-order valence-electron chi connectivity index (χ2n) is 4.55. The highest BCUT2D eigenvalue weighted by molar-refractivity contribution is 5.84. The molecule has 1 saturated heterocycles. The summed E-state index contributed by atoms with van der Waals surface area (Å²) in [6.45, 7) is 2.43. The Morgan fingerprint density at radius 2 is 2.18 bits per heavy atom. The van der Waals surface area contributed by atoms with Gasteiger partial charge in [-0.05, 0) is 5.92 Å². The molecular formula is C11H19NO5. The highest BCUT2D eigenvalue weighted by Crippen LogP contribution is 2.20. The van der Waals surface area contributed by atoms with Crippen molar-refractivity contribution >= 4 is 11.9 Å². The van der Waals surface area contributed by atoms with Crippen LogP contribution in [0.5, 0.6) is 0 Å². The van der Waals surface area contributed by atoms with Gasteiger partial charge in [-0.15, -0.1) is 0 Å². The van der Waals surface area contributed by atoms with Crippen molar-refractivity contribution in [3.63, 3.8) is 0 Å². The van der Waals surface area contributed by atoms with Crippen LogP contribution in [-0.4, -0.2) is 59.4 Å². The molecule has 6 heteroatoms. The number of carbonyl (C=O) groups is 2. The maximum Gasteiger partial charge on any atom is 0.326 e. The van der Waals surface area contributed by atoms with Gasteiger partial charge in [0, 0.05) is 33.1 Å². The highest BCUT2D eigenvalue weighted by atomic mass is 16.5. The summed E-state index contributed by atoms with van der Waals surface area (Å²) in [6.07, 6.45) is -0.387. The van der Waals surface area contributed by atoms with Crippen LogP contribution in [0.2, 0.25) is 0 Å². The molecule has 1 aliphatic rings. The van der Waals surface area contributed by atoms with E-state index >= 15 is 0 Å². The third kappa shape index (κ3) is 3.67. The van der Waals surface area contributed by atoms with Gasteiger partial charge in [0.15, 0.2) is 0 Å². The summed E-state index contributed by atoms with van der Waals surface area (Å²) in [5.74, 6) is -1.26. The molecule has 0 aromatic carbocycles. The number of hydrogen-bond acceptors (Lipinski definition) is 4. The quantitative estimate of drug-likeness (QED) is 0.694. The van der Waals surface area contributed by atoms with Crippen LogP contribution >= 0.6 is 0 Å². The monoisotopic (exact) mass is 245 g/mol. The number of carboxylic acid groups (broad SMARTS) is 1. The lowest BCUT2D eigenvalue weighted by atomic mass is 10.1. The van der Waals surface area contributed by atoms with Crippen LogP contribution in [0.15, 0.2) is 0 Å². The van der Waals surface area contributed by atoms with Gasteiger partial charge in [0.05, 0.1) is 6.10 Å². The van der Waals surface area contributed by atoms with Crippen molar-refractivity contribution in [1.29, 1.82) is 0 Å². The van der Waals surface area contributed by atoms with E-state index in [1.807, 2.05) is 6.92 Å². The largest absolute Gasteiger partial charge is 0.480 e. The number of nitrogens with zero attached hydrogens (tertiary/aromatic N) is 1. The molecule has 1 aliphatic heterocycles. The van der Waals surface area contributed by atoms with Crippen molar-refractivity contribution in [2.45, 2.75) is 31.9 Å². The summed E-state index contributed by atoms with van der Waals surface area (Å²) in [4.78, 5) is 24.1. The van der Waals surface area contributed by atoms with Crippen molar-refractivity contribution in [1.82, 2.24) is 4.90 Å². The van der Waals surface area contributed by atoms with Gasteiger partial charge in [-0.1, -0.05) is 6.92 Å². The molecule has 0 saturated carbocycles. The molecule has 0 radical (unpaired) electrons. The minimum Gasteiger partial charge on any atom is -0.480 e. The van der Waals surface area contributed by atoms with Crippen LogP contribution in [-0.2, 0) is 14.3 Å². The molecule has 1 unspecified atom stereocenters. The van der Waals surface area contributed by atoms with Gasteiger partial charge in [-0.2, -0.15) is 0 Å². The van der Waals surface area contributed by atoms with E-state index in [0.29, 0.717) is 6.61 Å². The van der Waals surface area contributed by atoms with E-state index in [1.54, 1.807) is 7.11 Å². The molecule has 0 aromatic rings. The van der Waals surface area contributed by atoms with E-state index in [2.05, 4.69) is 0 Å². The number of rotatable bonds is 5. The lowest BCUT2D eigenvalue weighted by Gasteiger charge is -2.22. The molecule has 1 rings (SSSR count). The van der Waals surface area contributed by atoms with Gasteiger partial charge in [0.25, 0.3) is 0 Å². The first-order chi connectivity index (χ1) is 7.95. The number of aliphatic hydroxyl groups is 1. The Kier molecular flexibility index (Phi) is 4.89. The Hall–Kier alpha value is -1.14. The summed E-state index contributed by atoms with van der Waals surface area (Å²) in [5.41, 5.74) is 0. The molecule has 0 aromatic heterocycles. The Morgan fingerprint density at radius 1 is 1.53 bits per heavy atom. The third-order valence-electron chi connectivity index (χ3n) is 2.86. The van der Waals surface area contributed by atoms with Gasteiger partial charge in [0.1, 0.15) is 6.04 Å². The lowest BCUT2D eigenvalue weighted by Crippen LogP contribution is -2.41. The van der Waals surface area contributed by atoms with Crippen molar-refractivity contribution in [3.8, 4) is 0 Å². The van der Waals surface area contributed by atoms with E-state index in [9.17, 15) is 14.7 Å². The normalized spacial score (nSPS) is 25.9. The number of carboxylic acids is 1. The first-order valence-electron chi connectivity index (χ1n) is 5.65. The van der Waals surface area contributed by atoms with E-state index in [-0.39, 0.29) is 31.2 Å². The Bertz CT molecular complexity index is 294. The van der Waals surface area contributed by atoms with E-state index in [4.69, 9.17) is 9.84 Å². The van der Waals surface area contributed by atoms with Crippen molar-refractivity contribution < 1.29 is 24.5 Å². The van der Waals surface area contributed by atoms with Crippen LogP contribution in [0.25, 0.3) is 0 Å². The molecule has 0 spiro atoms. The number of hydrogen-bond donors (Lipinski definition) is 2. The number of aliphatic hydroxyl groups excluding tert-OH is 1. The first kappa shape index (κ1) is 13.9. The molecule has 6 nitrogen and oxygen atoms in total. The fourth-order valence-electron chi connectivity index (χ4n) is 2.08. The maximum atomic E-state index is 11.9. The summed E-state index contributed by atoms with van der Waals surface area (Å²) >= 11 is 0. The van der Waals surface area contributed by atoms with E-state index in [1.165, 1.54) is 4.90 Å². The molecule has 1 fully saturated rings. The number of amides is 1. The minimum absolute atomic E-state index is 0.0414. The van der Waals surface area contributed by atoms with Crippen LogP contribution in [0.1, 0.15) is 19.8 Å². The maximum absolute atomic E-state index is 11.9. The Balaban J connectivity index is 2.58.